The number of halogens is 1. The lowest BCUT2D eigenvalue weighted by Gasteiger charge is -2.38. The molecule has 144 valence electrons. The van der Waals surface area contributed by atoms with Crippen LogP contribution in [0.25, 0.3) is 0 Å². The van der Waals surface area contributed by atoms with Crippen LogP contribution in [0.15, 0.2) is 42.5 Å². The fraction of sp³-hybridized carbons (Fsp3) is 0.381. The molecule has 27 heavy (non-hydrogen) atoms. The minimum atomic E-state index is -0.353. The Morgan fingerprint density at radius 1 is 1.15 bits per heavy atom. The van der Waals surface area contributed by atoms with Gasteiger partial charge in [0.25, 0.3) is 0 Å². The molecule has 0 bridgehead atoms. The van der Waals surface area contributed by atoms with Crippen LogP contribution in [0.5, 0.6) is 5.75 Å². The molecular weight excluding hydrogens is 345 g/mol. The second kappa shape index (κ2) is 8.39. The number of carbonyl (C=O) groups is 1. The average Bonchev–Trinajstić information content (AvgIpc) is 2.70. The number of amides is 1. The van der Waals surface area contributed by atoms with Crippen LogP contribution in [0, 0.1) is 12.7 Å². The summed E-state index contributed by atoms with van der Waals surface area (Å²) in [5, 5.41) is 2.86. The lowest BCUT2D eigenvalue weighted by atomic mass is 10.1. The van der Waals surface area contributed by atoms with Gasteiger partial charge in [-0.15, -0.1) is 0 Å². The number of methoxy groups -OCH3 is 1. The van der Waals surface area contributed by atoms with Crippen molar-refractivity contribution in [3.05, 3.63) is 53.8 Å². The van der Waals surface area contributed by atoms with Crippen LogP contribution in [0.3, 0.4) is 0 Å². The molecule has 1 fully saturated rings. The Kier molecular flexibility index (Phi) is 5.96. The molecule has 1 aliphatic rings. The molecule has 3 rings (SSSR count). The van der Waals surface area contributed by atoms with Crippen molar-refractivity contribution in [3.8, 4) is 5.75 Å². The molecule has 1 atom stereocenters. The van der Waals surface area contributed by atoms with Gasteiger partial charge in [0.15, 0.2) is 0 Å². The summed E-state index contributed by atoms with van der Waals surface area (Å²) in [6.07, 6.45) is 0. The second-order valence-electron chi connectivity index (χ2n) is 6.82. The van der Waals surface area contributed by atoms with Gasteiger partial charge in [0.05, 0.1) is 18.8 Å². The zero-order valence-corrected chi connectivity index (χ0v) is 16.0. The normalized spacial score (nSPS) is 16.1. The van der Waals surface area contributed by atoms with E-state index in [0.717, 1.165) is 43.2 Å². The molecule has 1 aliphatic heterocycles. The van der Waals surface area contributed by atoms with Crippen LogP contribution in [0.2, 0.25) is 0 Å². The maximum Gasteiger partial charge on any atom is 0.241 e. The summed E-state index contributed by atoms with van der Waals surface area (Å²) < 4.78 is 18.9. The molecule has 1 N–H and O–H groups in total. The van der Waals surface area contributed by atoms with Gasteiger partial charge in [0.2, 0.25) is 5.91 Å². The number of ether oxygens (including phenoxy) is 1. The summed E-state index contributed by atoms with van der Waals surface area (Å²) in [5.41, 5.74) is 2.45. The van der Waals surface area contributed by atoms with Gasteiger partial charge in [0, 0.05) is 31.9 Å². The van der Waals surface area contributed by atoms with E-state index in [1.165, 1.54) is 12.1 Å². The van der Waals surface area contributed by atoms with Gasteiger partial charge in [-0.3, -0.25) is 9.69 Å². The Bertz CT molecular complexity index is 804. The van der Waals surface area contributed by atoms with Gasteiger partial charge in [-0.1, -0.05) is 18.2 Å². The van der Waals surface area contributed by atoms with Crippen LogP contribution in [0.1, 0.15) is 12.5 Å². The number of nitrogens with zero attached hydrogens (tertiary/aromatic N) is 2. The highest BCUT2D eigenvalue weighted by atomic mass is 19.1. The third kappa shape index (κ3) is 4.39. The number of nitrogens with one attached hydrogen (secondary N) is 1. The lowest BCUT2D eigenvalue weighted by molar-refractivity contribution is -0.120. The maximum atomic E-state index is 13.4. The van der Waals surface area contributed by atoms with Crippen LogP contribution in [0.4, 0.5) is 15.8 Å². The Hall–Kier alpha value is -2.60. The fourth-order valence-corrected chi connectivity index (χ4v) is 3.37. The van der Waals surface area contributed by atoms with E-state index in [-0.39, 0.29) is 17.8 Å². The topological polar surface area (TPSA) is 44.8 Å². The summed E-state index contributed by atoms with van der Waals surface area (Å²) in [7, 11) is 1.68. The van der Waals surface area contributed by atoms with Crippen molar-refractivity contribution >= 4 is 17.3 Å². The highest BCUT2D eigenvalue weighted by Gasteiger charge is 2.26. The summed E-state index contributed by atoms with van der Waals surface area (Å²) in [5.74, 6) is 0.390. The number of anilines is 2. The molecule has 2 aromatic carbocycles. The number of aryl methyl sites for hydroxylation is 1. The van der Waals surface area contributed by atoms with Crippen molar-refractivity contribution in [2.24, 2.45) is 0 Å². The van der Waals surface area contributed by atoms with Gasteiger partial charge in [-0.05, 0) is 43.7 Å². The zero-order valence-electron chi connectivity index (χ0n) is 16.0. The molecular formula is C21H26FN3O2. The van der Waals surface area contributed by atoms with Gasteiger partial charge in [-0.25, -0.2) is 4.39 Å². The summed E-state index contributed by atoms with van der Waals surface area (Å²) in [6.45, 7) is 6.92. The van der Waals surface area contributed by atoms with Gasteiger partial charge >= 0.3 is 0 Å². The van der Waals surface area contributed by atoms with Gasteiger partial charge in [-0.2, -0.15) is 0 Å². The molecule has 1 saturated heterocycles. The van der Waals surface area contributed by atoms with E-state index in [2.05, 4.69) is 21.2 Å². The highest BCUT2D eigenvalue weighted by molar-refractivity contribution is 5.95. The van der Waals surface area contributed by atoms with Crippen LogP contribution >= 0.6 is 0 Å². The first-order valence-corrected chi connectivity index (χ1v) is 9.18. The number of rotatable bonds is 5. The molecule has 0 spiro atoms. The smallest absolute Gasteiger partial charge is 0.241 e. The van der Waals surface area contributed by atoms with E-state index >= 15 is 0 Å². The van der Waals surface area contributed by atoms with Crippen molar-refractivity contribution in [1.29, 1.82) is 0 Å². The molecule has 2 aromatic rings. The third-order valence-electron chi connectivity index (χ3n) is 5.12. The Morgan fingerprint density at radius 2 is 1.85 bits per heavy atom. The number of piperazine rings is 1. The number of hydrogen-bond acceptors (Lipinski definition) is 4. The summed E-state index contributed by atoms with van der Waals surface area (Å²) in [4.78, 5) is 17.0. The molecule has 0 aromatic heterocycles. The molecule has 0 saturated carbocycles. The average molecular weight is 371 g/mol. The zero-order chi connectivity index (χ0) is 19.4. The van der Waals surface area contributed by atoms with Crippen molar-refractivity contribution in [3.63, 3.8) is 0 Å². The van der Waals surface area contributed by atoms with Crippen molar-refractivity contribution in [2.45, 2.75) is 19.9 Å². The quantitative estimate of drug-likeness (QED) is 0.876. The number of benzene rings is 2. The Balaban J connectivity index is 1.60. The highest BCUT2D eigenvalue weighted by Crippen LogP contribution is 2.28. The predicted molar refractivity (Wildman–Crippen MR) is 106 cm³/mol. The molecule has 5 nitrogen and oxygen atoms in total. The third-order valence-corrected chi connectivity index (χ3v) is 5.12. The minimum Gasteiger partial charge on any atom is -0.495 e. The maximum absolute atomic E-state index is 13.4. The largest absolute Gasteiger partial charge is 0.495 e. The fourth-order valence-electron chi connectivity index (χ4n) is 3.37. The Morgan fingerprint density at radius 3 is 2.56 bits per heavy atom. The summed E-state index contributed by atoms with van der Waals surface area (Å²) >= 11 is 0. The molecule has 1 amide bonds. The first-order valence-electron chi connectivity index (χ1n) is 9.18. The number of hydrogen-bond donors (Lipinski definition) is 1. The number of carbonyl (C=O) groups excluding carboxylic acids is 1. The van der Waals surface area contributed by atoms with E-state index < -0.39 is 0 Å². The van der Waals surface area contributed by atoms with E-state index in [1.54, 1.807) is 13.2 Å². The Labute approximate surface area is 159 Å². The molecule has 0 aliphatic carbocycles. The first-order chi connectivity index (χ1) is 13.0. The van der Waals surface area contributed by atoms with Crippen molar-refractivity contribution in [2.75, 3.05) is 43.5 Å². The predicted octanol–water partition coefficient (Wildman–Crippen LogP) is 3.29. The van der Waals surface area contributed by atoms with E-state index in [4.69, 9.17) is 4.74 Å². The van der Waals surface area contributed by atoms with Gasteiger partial charge < -0.3 is 15.0 Å². The lowest BCUT2D eigenvalue weighted by Crippen LogP contribution is -2.52. The van der Waals surface area contributed by atoms with Crippen molar-refractivity contribution < 1.29 is 13.9 Å². The van der Waals surface area contributed by atoms with E-state index in [0.29, 0.717) is 5.69 Å². The van der Waals surface area contributed by atoms with Crippen LogP contribution < -0.4 is 15.0 Å². The monoisotopic (exact) mass is 371 g/mol. The van der Waals surface area contributed by atoms with Crippen LogP contribution in [-0.2, 0) is 4.79 Å². The molecule has 0 unspecified atom stereocenters. The molecule has 6 heteroatoms. The standard InChI is InChI=1S/C21H26FN3O2/c1-15-8-9-17(22)14-18(15)23-21(26)16(2)24-10-12-25(13-11-24)19-6-4-5-7-20(19)27-3/h4-9,14,16H,10-13H2,1-3H3,(H,23,26)/t16-/m1/s1. The molecule has 0 radical (unpaired) electrons. The SMILES string of the molecule is COc1ccccc1N1CCN([C@H](C)C(=O)Nc2cc(F)ccc2C)CC1. The minimum absolute atomic E-state index is 0.116. The summed E-state index contributed by atoms with van der Waals surface area (Å²) in [6, 6.07) is 12.1. The second-order valence-corrected chi connectivity index (χ2v) is 6.82. The van der Waals surface area contributed by atoms with Crippen LogP contribution in [-0.4, -0.2) is 50.1 Å². The van der Waals surface area contributed by atoms with E-state index in [1.807, 2.05) is 32.0 Å². The van der Waals surface area contributed by atoms with Crippen molar-refractivity contribution in [1.82, 2.24) is 4.90 Å². The molecule has 1 heterocycles. The van der Waals surface area contributed by atoms with E-state index in [9.17, 15) is 9.18 Å². The van der Waals surface area contributed by atoms with Gasteiger partial charge in [0.1, 0.15) is 11.6 Å². The first kappa shape index (κ1) is 19.2. The number of para-hydroxylation sites is 2.